The molecule has 33 heavy (non-hydrogen) atoms. The van der Waals surface area contributed by atoms with Crippen molar-refractivity contribution in [3.63, 3.8) is 0 Å². The van der Waals surface area contributed by atoms with E-state index in [1.54, 1.807) is 37.4 Å². The van der Waals surface area contributed by atoms with E-state index in [0.717, 1.165) is 35.3 Å². The van der Waals surface area contributed by atoms with Crippen LogP contribution in [0.1, 0.15) is 29.5 Å². The number of amides is 1. The van der Waals surface area contributed by atoms with Crippen molar-refractivity contribution in [2.75, 3.05) is 23.3 Å². The maximum Gasteiger partial charge on any atom is 0.264 e. The van der Waals surface area contributed by atoms with Crippen LogP contribution in [0.2, 0.25) is 0 Å². The maximum absolute atomic E-state index is 13.3. The van der Waals surface area contributed by atoms with Crippen molar-refractivity contribution < 1.29 is 17.9 Å². The van der Waals surface area contributed by atoms with Crippen molar-refractivity contribution in [1.29, 1.82) is 0 Å². The third-order valence-electron chi connectivity index (χ3n) is 5.85. The molecular formula is C26H28N2O4S. The van der Waals surface area contributed by atoms with Gasteiger partial charge in [0.1, 0.15) is 5.75 Å². The van der Waals surface area contributed by atoms with Crippen molar-refractivity contribution in [2.45, 2.75) is 37.5 Å². The molecule has 0 saturated heterocycles. The minimum Gasteiger partial charge on any atom is -0.497 e. The Balaban J connectivity index is 1.49. The first-order valence-electron chi connectivity index (χ1n) is 11.0. The average molecular weight is 465 g/mol. The largest absolute Gasteiger partial charge is 0.497 e. The highest BCUT2D eigenvalue weighted by molar-refractivity contribution is 7.92. The number of nitrogens with one attached hydrogen (secondary N) is 1. The highest BCUT2D eigenvalue weighted by atomic mass is 32.2. The van der Waals surface area contributed by atoms with Gasteiger partial charge in [-0.15, -0.1) is 0 Å². The standard InChI is InChI=1S/C26H28N2O4S/c1-19-5-14-24(15-6-19)33(30,31)28-17-3-4-21-10-11-22(18-25(21)28)27-26(29)16-9-20-7-12-23(32-2)13-8-20/h5-8,10-15,18H,3-4,9,16-17H2,1-2H3,(H,27,29). The summed E-state index contributed by atoms with van der Waals surface area (Å²) < 4.78 is 33.3. The zero-order valence-electron chi connectivity index (χ0n) is 18.9. The number of hydrogen-bond acceptors (Lipinski definition) is 4. The second-order valence-corrected chi connectivity index (χ2v) is 10.1. The van der Waals surface area contributed by atoms with E-state index in [1.807, 2.05) is 43.3 Å². The minimum absolute atomic E-state index is 0.116. The van der Waals surface area contributed by atoms with Crippen molar-refractivity contribution in [3.05, 3.63) is 83.4 Å². The minimum atomic E-state index is -3.68. The van der Waals surface area contributed by atoms with Crippen LogP contribution in [0.15, 0.2) is 71.6 Å². The van der Waals surface area contributed by atoms with Gasteiger partial charge in [-0.3, -0.25) is 9.10 Å². The number of fused-ring (bicyclic) bond motifs is 1. The summed E-state index contributed by atoms with van der Waals surface area (Å²) in [6.07, 6.45) is 2.50. The van der Waals surface area contributed by atoms with E-state index in [4.69, 9.17) is 4.74 Å². The van der Waals surface area contributed by atoms with Gasteiger partial charge in [0.2, 0.25) is 5.91 Å². The highest BCUT2D eigenvalue weighted by Crippen LogP contribution is 2.34. The van der Waals surface area contributed by atoms with Crippen molar-refractivity contribution in [3.8, 4) is 5.75 Å². The summed E-state index contributed by atoms with van der Waals surface area (Å²) in [5.41, 5.74) is 4.25. The number of benzene rings is 3. The van der Waals surface area contributed by atoms with Crippen LogP contribution in [-0.4, -0.2) is 28.0 Å². The lowest BCUT2D eigenvalue weighted by atomic mass is 10.0. The Bertz CT molecular complexity index is 1240. The Labute approximate surface area is 195 Å². The summed E-state index contributed by atoms with van der Waals surface area (Å²) in [6, 6.07) is 20.0. The van der Waals surface area contributed by atoms with Crippen LogP contribution in [0, 0.1) is 6.92 Å². The molecule has 7 heteroatoms. The first-order valence-corrected chi connectivity index (χ1v) is 12.5. The van der Waals surface area contributed by atoms with E-state index in [0.29, 0.717) is 30.8 Å². The molecule has 0 bridgehead atoms. The van der Waals surface area contributed by atoms with E-state index in [9.17, 15) is 13.2 Å². The number of nitrogens with zero attached hydrogens (tertiary/aromatic N) is 1. The van der Waals surface area contributed by atoms with Gasteiger partial charge < -0.3 is 10.1 Å². The van der Waals surface area contributed by atoms with Crippen molar-refractivity contribution in [1.82, 2.24) is 0 Å². The monoisotopic (exact) mass is 464 g/mol. The normalized spacial score (nSPS) is 13.3. The zero-order valence-corrected chi connectivity index (χ0v) is 19.7. The van der Waals surface area contributed by atoms with E-state index in [1.165, 1.54) is 4.31 Å². The summed E-state index contributed by atoms with van der Waals surface area (Å²) in [5, 5.41) is 2.92. The van der Waals surface area contributed by atoms with E-state index in [-0.39, 0.29) is 10.8 Å². The Morgan fingerprint density at radius 1 is 1.03 bits per heavy atom. The molecule has 0 spiro atoms. The quantitative estimate of drug-likeness (QED) is 0.549. The summed E-state index contributed by atoms with van der Waals surface area (Å²) in [6.45, 7) is 2.34. The van der Waals surface area contributed by atoms with Crippen molar-refractivity contribution in [2.24, 2.45) is 0 Å². The predicted molar refractivity (Wildman–Crippen MR) is 130 cm³/mol. The van der Waals surface area contributed by atoms with E-state index < -0.39 is 10.0 Å². The SMILES string of the molecule is COc1ccc(CCC(=O)Nc2ccc3c(c2)N(S(=O)(=O)c2ccc(C)cc2)CCC3)cc1. The smallest absolute Gasteiger partial charge is 0.264 e. The van der Waals surface area contributed by atoms with Gasteiger partial charge in [-0.05, 0) is 73.7 Å². The fourth-order valence-electron chi connectivity index (χ4n) is 3.98. The van der Waals surface area contributed by atoms with Crippen LogP contribution >= 0.6 is 0 Å². The van der Waals surface area contributed by atoms with Gasteiger partial charge in [0.25, 0.3) is 10.0 Å². The molecule has 3 aromatic carbocycles. The fourth-order valence-corrected chi connectivity index (χ4v) is 5.51. The summed E-state index contributed by atoms with van der Waals surface area (Å²) in [4.78, 5) is 12.8. The molecule has 0 aliphatic carbocycles. The maximum atomic E-state index is 13.3. The number of methoxy groups -OCH3 is 1. The third kappa shape index (κ3) is 5.20. The molecule has 1 heterocycles. The Kier molecular flexibility index (Phi) is 6.70. The Morgan fingerprint density at radius 3 is 2.45 bits per heavy atom. The molecule has 0 atom stereocenters. The molecule has 6 nitrogen and oxygen atoms in total. The van der Waals surface area contributed by atoms with Gasteiger partial charge in [-0.25, -0.2) is 8.42 Å². The topological polar surface area (TPSA) is 75.7 Å². The molecular weight excluding hydrogens is 436 g/mol. The van der Waals surface area contributed by atoms with Gasteiger partial charge in [0.15, 0.2) is 0 Å². The molecule has 3 aromatic rings. The molecule has 1 aliphatic heterocycles. The first-order chi connectivity index (χ1) is 15.9. The number of sulfonamides is 1. The van der Waals surface area contributed by atoms with E-state index >= 15 is 0 Å². The molecule has 0 fully saturated rings. The molecule has 1 N–H and O–H groups in total. The molecule has 1 amide bonds. The summed E-state index contributed by atoms with van der Waals surface area (Å²) in [7, 11) is -2.06. The third-order valence-corrected chi connectivity index (χ3v) is 7.68. The Hall–Kier alpha value is -3.32. The van der Waals surface area contributed by atoms with Gasteiger partial charge in [0, 0.05) is 18.7 Å². The number of carbonyl (C=O) groups is 1. The summed E-state index contributed by atoms with van der Waals surface area (Å²) in [5.74, 6) is 0.664. The molecule has 0 aromatic heterocycles. The zero-order chi connectivity index (χ0) is 23.4. The van der Waals surface area contributed by atoms with Crippen LogP contribution in [0.3, 0.4) is 0 Å². The molecule has 0 radical (unpaired) electrons. The number of anilines is 2. The van der Waals surface area contributed by atoms with Gasteiger partial charge in [-0.2, -0.15) is 0 Å². The van der Waals surface area contributed by atoms with Crippen LogP contribution in [0.5, 0.6) is 5.75 Å². The number of ether oxygens (including phenoxy) is 1. The van der Waals surface area contributed by atoms with E-state index in [2.05, 4.69) is 5.32 Å². The van der Waals surface area contributed by atoms with Crippen molar-refractivity contribution >= 4 is 27.3 Å². The highest BCUT2D eigenvalue weighted by Gasteiger charge is 2.29. The van der Waals surface area contributed by atoms with Crippen LogP contribution < -0.4 is 14.4 Å². The van der Waals surface area contributed by atoms with Crippen LogP contribution in [-0.2, 0) is 27.7 Å². The van der Waals surface area contributed by atoms with Crippen LogP contribution in [0.4, 0.5) is 11.4 Å². The number of rotatable bonds is 7. The lowest BCUT2D eigenvalue weighted by molar-refractivity contribution is -0.116. The lowest BCUT2D eigenvalue weighted by Crippen LogP contribution is -2.35. The second kappa shape index (κ2) is 9.67. The lowest BCUT2D eigenvalue weighted by Gasteiger charge is -2.31. The molecule has 172 valence electrons. The molecule has 0 saturated carbocycles. The Morgan fingerprint density at radius 2 is 1.76 bits per heavy atom. The van der Waals surface area contributed by atoms with Gasteiger partial charge in [-0.1, -0.05) is 35.9 Å². The van der Waals surface area contributed by atoms with Gasteiger partial charge >= 0.3 is 0 Å². The van der Waals surface area contributed by atoms with Gasteiger partial charge in [0.05, 0.1) is 17.7 Å². The number of hydrogen-bond donors (Lipinski definition) is 1. The molecule has 0 unspecified atom stereocenters. The fraction of sp³-hybridized carbons (Fsp3) is 0.269. The molecule has 1 aliphatic rings. The predicted octanol–water partition coefficient (Wildman–Crippen LogP) is 4.72. The number of aryl methyl sites for hydroxylation is 3. The number of carbonyl (C=O) groups excluding carboxylic acids is 1. The molecule has 4 rings (SSSR count). The van der Waals surface area contributed by atoms with Crippen LogP contribution in [0.25, 0.3) is 0 Å². The average Bonchev–Trinajstić information content (AvgIpc) is 2.83. The summed E-state index contributed by atoms with van der Waals surface area (Å²) >= 11 is 0. The first kappa shape index (κ1) is 22.9. The second-order valence-electron chi connectivity index (χ2n) is 8.23.